The third-order valence-corrected chi connectivity index (χ3v) is 5.29. The first-order valence-electron chi connectivity index (χ1n) is 9.98. The number of fused-ring (bicyclic) bond motifs is 1. The zero-order chi connectivity index (χ0) is 20.5. The molecule has 3 aromatic carbocycles. The van der Waals surface area contributed by atoms with Crippen molar-refractivity contribution in [2.24, 2.45) is 0 Å². The SMILES string of the molecule is CN(C)c1ccc(-c2nc3cccnc3n2-c2ccccc2-c2ccccc2)cc1. The van der Waals surface area contributed by atoms with E-state index >= 15 is 0 Å². The van der Waals surface area contributed by atoms with Crippen molar-refractivity contribution in [3.05, 3.63) is 97.2 Å². The van der Waals surface area contributed by atoms with Crippen LogP contribution in [-0.2, 0) is 0 Å². The highest BCUT2D eigenvalue weighted by Crippen LogP contribution is 2.33. The molecule has 0 fully saturated rings. The largest absolute Gasteiger partial charge is 0.378 e. The second-order valence-corrected chi connectivity index (χ2v) is 7.44. The van der Waals surface area contributed by atoms with Crippen molar-refractivity contribution in [3.63, 3.8) is 0 Å². The summed E-state index contributed by atoms with van der Waals surface area (Å²) in [6.07, 6.45) is 1.82. The van der Waals surface area contributed by atoms with E-state index in [-0.39, 0.29) is 0 Å². The first-order valence-corrected chi connectivity index (χ1v) is 9.98. The molecule has 30 heavy (non-hydrogen) atoms. The highest BCUT2D eigenvalue weighted by atomic mass is 15.1. The summed E-state index contributed by atoms with van der Waals surface area (Å²) in [4.78, 5) is 11.7. The number of hydrogen-bond acceptors (Lipinski definition) is 3. The van der Waals surface area contributed by atoms with Crippen LogP contribution < -0.4 is 4.90 Å². The second kappa shape index (κ2) is 7.48. The van der Waals surface area contributed by atoms with Crippen LogP contribution in [0, 0.1) is 0 Å². The van der Waals surface area contributed by atoms with E-state index in [2.05, 4.69) is 87.2 Å². The molecular weight excluding hydrogens is 368 g/mol. The molecule has 0 saturated heterocycles. The van der Waals surface area contributed by atoms with Crippen molar-refractivity contribution in [2.45, 2.75) is 0 Å². The minimum atomic E-state index is 0.854. The lowest BCUT2D eigenvalue weighted by Gasteiger charge is -2.15. The van der Waals surface area contributed by atoms with E-state index in [0.29, 0.717) is 0 Å². The molecule has 0 spiro atoms. The van der Waals surface area contributed by atoms with E-state index in [9.17, 15) is 0 Å². The maximum Gasteiger partial charge on any atom is 0.164 e. The average Bonchev–Trinajstić information content (AvgIpc) is 3.19. The Kier molecular flexibility index (Phi) is 4.52. The van der Waals surface area contributed by atoms with E-state index in [1.54, 1.807) is 0 Å². The molecule has 0 unspecified atom stereocenters. The van der Waals surface area contributed by atoms with Crippen LogP contribution in [0.15, 0.2) is 97.2 Å². The van der Waals surface area contributed by atoms with Gasteiger partial charge in [0, 0.05) is 37.1 Å². The lowest BCUT2D eigenvalue weighted by Crippen LogP contribution is -2.08. The van der Waals surface area contributed by atoms with Gasteiger partial charge < -0.3 is 4.90 Å². The van der Waals surface area contributed by atoms with Crippen molar-refractivity contribution < 1.29 is 0 Å². The molecule has 0 bridgehead atoms. The first kappa shape index (κ1) is 18.1. The van der Waals surface area contributed by atoms with Crippen LogP contribution in [0.5, 0.6) is 0 Å². The van der Waals surface area contributed by atoms with Crippen molar-refractivity contribution in [3.8, 4) is 28.2 Å². The van der Waals surface area contributed by atoms with Crippen LogP contribution in [0.4, 0.5) is 5.69 Å². The summed E-state index contributed by atoms with van der Waals surface area (Å²) in [6, 6.07) is 31.3. The molecule has 0 radical (unpaired) electrons. The average molecular weight is 390 g/mol. The first-order chi connectivity index (χ1) is 14.7. The maximum absolute atomic E-state index is 4.96. The molecule has 0 saturated carbocycles. The monoisotopic (exact) mass is 390 g/mol. The summed E-state index contributed by atoms with van der Waals surface area (Å²) in [5.41, 5.74) is 7.33. The summed E-state index contributed by atoms with van der Waals surface area (Å²) < 4.78 is 2.17. The van der Waals surface area contributed by atoms with Crippen molar-refractivity contribution in [2.75, 3.05) is 19.0 Å². The van der Waals surface area contributed by atoms with Crippen LogP contribution in [0.3, 0.4) is 0 Å². The Hall–Kier alpha value is -3.92. The third kappa shape index (κ3) is 3.12. The molecule has 5 aromatic rings. The van der Waals surface area contributed by atoms with Gasteiger partial charge in [-0.2, -0.15) is 0 Å². The van der Waals surface area contributed by atoms with Crippen LogP contribution in [0.1, 0.15) is 0 Å². The number of imidazole rings is 1. The van der Waals surface area contributed by atoms with Gasteiger partial charge in [0.2, 0.25) is 0 Å². The fourth-order valence-corrected chi connectivity index (χ4v) is 3.77. The lowest BCUT2D eigenvalue weighted by atomic mass is 10.0. The predicted molar refractivity (Wildman–Crippen MR) is 124 cm³/mol. The van der Waals surface area contributed by atoms with Gasteiger partial charge in [0.1, 0.15) is 11.3 Å². The molecule has 5 rings (SSSR count). The van der Waals surface area contributed by atoms with E-state index in [1.807, 2.05) is 38.5 Å². The predicted octanol–water partition coefficient (Wildman–Crippen LogP) is 5.82. The number of aromatic nitrogens is 3. The lowest BCUT2D eigenvalue weighted by molar-refractivity contribution is 1.08. The standard InChI is InChI=1S/C26H22N4/c1-29(2)21-16-14-20(15-17-21)25-28-23-12-8-18-27-26(23)30(25)24-13-7-6-11-22(24)19-9-4-3-5-10-19/h3-18H,1-2H3. The molecule has 4 nitrogen and oxygen atoms in total. The normalized spacial score (nSPS) is 11.0. The highest BCUT2D eigenvalue weighted by Gasteiger charge is 2.18. The van der Waals surface area contributed by atoms with Gasteiger partial charge in [-0.05, 0) is 48.0 Å². The van der Waals surface area contributed by atoms with Gasteiger partial charge in [-0.1, -0.05) is 48.5 Å². The van der Waals surface area contributed by atoms with Crippen molar-refractivity contribution in [1.82, 2.24) is 14.5 Å². The van der Waals surface area contributed by atoms with Gasteiger partial charge in [0.05, 0.1) is 5.69 Å². The minimum absolute atomic E-state index is 0.854. The van der Waals surface area contributed by atoms with E-state index in [4.69, 9.17) is 4.98 Å². The van der Waals surface area contributed by atoms with Gasteiger partial charge >= 0.3 is 0 Å². The van der Waals surface area contributed by atoms with E-state index in [0.717, 1.165) is 39.5 Å². The van der Waals surface area contributed by atoms with Crippen LogP contribution in [-0.4, -0.2) is 28.6 Å². The smallest absolute Gasteiger partial charge is 0.164 e. The fraction of sp³-hybridized carbons (Fsp3) is 0.0769. The van der Waals surface area contributed by atoms with Crippen molar-refractivity contribution in [1.29, 1.82) is 0 Å². The summed E-state index contributed by atoms with van der Waals surface area (Å²) in [5, 5.41) is 0. The molecule has 2 heterocycles. The Morgan fingerprint density at radius 2 is 1.43 bits per heavy atom. The Balaban J connectivity index is 1.77. The topological polar surface area (TPSA) is 34.0 Å². The van der Waals surface area contributed by atoms with E-state index in [1.165, 1.54) is 5.56 Å². The zero-order valence-corrected chi connectivity index (χ0v) is 17.0. The summed E-state index contributed by atoms with van der Waals surface area (Å²) in [5.74, 6) is 0.886. The van der Waals surface area contributed by atoms with Gasteiger partial charge in [-0.3, -0.25) is 4.57 Å². The Morgan fingerprint density at radius 1 is 0.700 bits per heavy atom. The Morgan fingerprint density at radius 3 is 2.20 bits per heavy atom. The number of benzene rings is 3. The molecule has 0 aliphatic carbocycles. The van der Waals surface area contributed by atoms with Crippen LogP contribution in [0.25, 0.3) is 39.4 Å². The number of nitrogens with zero attached hydrogens (tertiary/aromatic N) is 4. The maximum atomic E-state index is 4.96. The molecule has 2 aromatic heterocycles. The van der Waals surface area contributed by atoms with Gasteiger partial charge in [0.15, 0.2) is 5.65 Å². The second-order valence-electron chi connectivity index (χ2n) is 7.44. The van der Waals surface area contributed by atoms with Gasteiger partial charge in [-0.25, -0.2) is 9.97 Å². The Labute approximate surface area is 176 Å². The number of hydrogen-bond donors (Lipinski definition) is 0. The number of pyridine rings is 1. The number of anilines is 1. The molecule has 0 N–H and O–H groups in total. The zero-order valence-electron chi connectivity index (χ0n) is 17.0. The Bertz CT molecular complexity index is 1300. The van der Waals surface area contributed by atoms with Crippen molar-refractivity contribution >= 4 is 16.9 Å². The van der Waals surface area contributed by atoms with Gasteiger partial charge in [0.25, 0.3) is 0 Å². The minimum Gasteiger partial charge on any atom is -0.378 e. The van der Waals surface area contributed by atoms with E-state index < -0.39 is 0 Å². The van der Waals surface area contributed by atoms with Gasteiger partial charge in [-0.15, -0.1) is 0 Å². The summed E-state index contributed by atoms with van der Waals surface area (Å²) in [6.45, 7) is 0. The fourth-order valence-electron chi connectivity index (χ4n) is 3.77. The summed E-state index contributed by atoms with van der Waals surface area (Å²) in [7, 11) is 4.09. The molecule has 4 heteroatoms. The third-order valence-electron chi connectivity index (χ3n) is 5.29. The summed E-state index contributed by atoms with van der Waals surface area (Å²) >= 11 is 0. The molecule has 0 atom stereocenters. The number of para-hydroxylation sites is 1. The molecule has 0 amide bonds. The van der Waals surface area contributed by atoms with Crippen LogP contribution in [0.2, 0.25) is 0 Å². The quantitative estimate of drug-likeness (QED) is 0.388. The molecular formula is C26H22N4. The molecule has 0 aliphatic rings. The van der Waals surface area contributed by atoms with Crippen LogP contribution >= 0.6 is 0 Å². The highest BCUT2D eigenvalue weighted by molar-refractivity contribution is 5.84. The number of rotatable bonds is 4. The molecule has 146 valence electrons. The molecule has 0 aliphatic heterocycles.